The number of aromatic amines is 2. The zero-order valence-corrected chi connectivity index (χ0v) is 18.0. The third kappa shape index (κ3) is 2.51. The maximum atomic E-state index is 6.15. The Morgan fingerprint density at radius 1 is 0.750 bits per heavy atom. The lowest BCUT2D eigenvalue weighted by molar-refractivity contribution is 0.301. The fourth-order valence-electron chi connectivity index (χ4n) is 5.25. The second-order valence-electron chi connectivity index (χ2n) is 8.84. The summed E-state index contributed by atoms with van der Waals surface area (Å²) in [5, 5.41) is 2.31. The second-order valence-corrected chi connectivity index (χ2v) is 8.84. The third-order valence-electron chi connectivity index (χ3n) is 6.72. The van der Waals surface area contributed by atoms with Gasteiger partial charge in [0.15, 0.2) is 0 Å². The van der Waals surface area contributed by atoms with Crippen LogP contribution in [0.2, 0.25) is 0 Å². The predicted octanol–water partition coefficient (Wildman–Crippen LogP) is 5.89. The van der Waals surface area contributed by atoms with Crippen LogP contribution in [0.1, 0.15) is 28.6 Å². The first-order chi connectivity index (χ1) is 15.6. The Labute approximate surface area is 185 Å². The summed E-state index contributed by atoms with van der Waals surface area (Å²) in [7, 11) is 0. The van der Waals surface area contributed by atoms with Crippen LogP contribution in [-0.4, -0.2) is 19.9 Å². The van der Waals surface area contributed by atoms with Gasteiger partial charge in [-0.05, 0) is 60.9 Å². The van der Waals surface area contributed by atoms with E-state index >= 15 is 0 Å². The van der Waals surface area contributed by atoms with Crippen LogP contribution < -0.4 is 4.74 Å². The van der Waals surface area contributed by atoms with Gasteiger partial charge in [-0.2, -0.15) is 0 Å². The van der Waals surface area contributed by atoms with Gasteiger partial charge < -0.3 is 14.7 Å². The topological polar surface area (TPSA) is 66.6 Å². The Bertz CT molecular complexity index is 1560. The van der Waals surface area contributed by atoms with E-state index in [2.05, 4.69) is 63.5 Å². The number of nitrogens with zero attached hydrogens (tertiary/aromatic N) is 2. The highest BCUT2D eigenvalue weighted by molar-refractivity contribution is 5.97. The van der Waals surface area contributed by atoms with E-state index in [0.29, 0.717) is 6.61 Å². The van der Waals surface area contributed by atoms with Crippen molar-refractivity contribution < 1.29 is 4.74 Å². The molecule has 0 saturated heterocycles. The molecule has 7 rings (SSSR count). The van der Waals surface area contributed by atoms with E-state index in [1.165, 1.54) is 33.3 Å². The molecule has 0 amide bonds. The van der Waals surface area contributed by atoms with Gasteiger partial charge in [-0.15, -0.1) is 0 Å². The molecule has 156 valence electrons. The molecule has 5 aromatic rings. The van der Waals surface area contributed by atoms with Gasteiger partial charge in [0.25, 0.3) is 0 Å². The molecule has 1 aliphatic carbocycles. The van der Waals surface area contributed by atoms with Crippen molar-refractivity contribution in [2.75, 3.05) is 0 Å². The van der Waals surface area contributed by atoms with Crippen molar-refractivity contribution in [2.45, 2.75) is 33.3 Å². The van der Waals surface area contributed by atoms with Gasteiger partial charge in [-0.25, -0.2) is 9.97 Å². The first kappa shape index (κ1) is 17.8. The standard InChI is InChI=1S/C27H22N4O/c1-14-28-23-10-6-18-11-16(3-7-20(18)25(23)30-14)17-4-8-21-19(12-17)5-9-22-26-24(13-32-27(21)22)29-15(2)31-26/h3-5,7-9,11-12H,6,10,13H2,1-2H3,(H,28,30)(H,29,31). The van der Waals surface area contributed by atoms with E-state index in [0.717, 1.165) is 58.3 Å². The highest BCUT2D eigenvalue weighted by Gasteiger charge is 2.23. The van der Waals surface area contributed by atoms with Crippen molar-refractivity contribution >= 4 is 10.8 Å². The lowest BCUT2D eigenvalue weighted by Crippen LogP contribution is -2.05. The lowest BCUT2D eigenvalue weighted by Gasteiger charge is -2.19. The number of fused-ring (bicyclic) bond motifs is 8. The number of imidazole rings is 2. The Balaban J connectivity index is 1.32. The van der Waals surface area contributed by atoms with Gasteiger partial charge in [0, 0.05) is 22.2 Å². The van der Waals surface area contributed by atoms with E-state index in [4.69, 9.17) is 9.72 Å². The number of ether oxygens (including phenoxy) is 1. The average molecular weight is 419 g/mol. The van der Waals surface area contributed by atoms with Crippen LogP contribution in [-0.2, 0) is 19.4 Å². The van der Waals surface area contributed by atoms with Crippen LogP contribution in [0.4, 0.5) is 0 Å². The summed E-state index contributed by atoms with van der Waals surface area (Å²) in [4.78, 5) is 16.1. The number of aromatic nitrogens is 4. The van der Waals surface area contributed by atoms with Gasteiger partial charge in [0.1, 0.15) is 24.0 Å². The lowest BCUT2D eigenvalue weighted by atomic mass is 9.89. The van der Waals surface area contributed by atoms with Gasteiger partial charge in [-0.3, -0.25) is 0 Å². The summed E-state index contributed by atoms with van der Waals surface area (Å²) < 4.78 is 6.15. The molecule has 0 fully saturated rings. The zero-order valence-electron chi connectivity index (χ0n) is 18.0. The van der Waals surface area contributed by atoms with E-state index in [1.807, 2.05) is 13.8 Å². The molecular weight excluding hydrogens is 396 g/mol. The van der Waals surface area contributed by atoms with Crippen molar-refractivity contribution in [3.8, 4) is 39.4 Å². The quantitative estimate of drug-likeness (QED) is 0.356. The van der Waals surface area contributed by atoms with Crippen molar-refractivity contribution in [1.82, 2.24) is 19.9 Å². The largest absolute Gasteiger partial charge is 0.486 e. The van der Waals surface area contributed by atoms with Crippen LogP contribution in [0, 0.1) is 13.8 Å². The minimum Gasteiger partial charge on any atom is -0.486 e. The summed E-state index contributed by atoms with van der Waals surface area (Å²) in [6, 6.07) is 17.7. The second kappa shape index (κ2) is 6.33. The summed E-state index contributed by atoms with van der Waals surface area (Å²) >= 11 is 0. The molecule has 0 spiro atoms. The predicted molar refractivity (Wildman–Crippen MR) is 126 cm³/mol. The van der Waals surface area contributed by atoms with Gasteiger partial charge in [0.2, 0.25) is 0 Å². The highest BCUT2D eigenvalue weighted by Crippen LogP contribution is 2.42. The van der Waals surface area contributed by atoms with Crippen LogP contribution in [0.25, 0.3) is 44.4 Å². The third-order valence-corrected chi connectivity index (χ3v) is 6.72. The number of H-pyrrole nitrogens is 2. The van der Waals surface area contributed by atoms with Crippen LogP contribution in [0.15, 0.2) is 48.5 Å². The van der Waals surface area contributed by atoms with Gasteiger partial charge >= 0.3 is 0 Å². The average Bonchev–Trinajstić information content (AvgIpc) is 3.39. The number of nitrogens with one attached hydrogen (secondary N) is 2. The Hall–Kier alpha value is -3.86. The number of hydrogen-bond acceptors (Lipinski definition) is 3. The zero-order chi connectivity index (χ0) is 21.4. The normalized spacial score (nSPS) is 13.8. The molecule has 0 bridgehead atoms. The molecule has 3 heterocycles. The fourth-order valence-corrected chi connectivity index (χ4v) is 5.25. The maximum Gasteiger partial charge on any atom is 0.137 e. The van der Waals surface area contributed by atoms with E-state index in [1.54, 1.807) is 0 Å². The smallest absolute Gasteiger partial charge is 0.137 e. The first-order valence-corrected chi connectivity index (χ1v) is 11.1. The number of benzene rings is 3. The molecule has 0 saturated carbocycles. The van der Waals surface area contributed by atoms with E-state index in [-0.39, 0.29) is 0 Å². The SMILES string of the molecule is Cc1nc2c([nH]1)CCc1cc(-c3ccc4c5c(ccc4c3)-c3nc(C)[nH]c3CO5)ccc1-2. The van der Waals surface area contributed by atoms with Crippen molar-refractivity contribution in [3.05, 3.63) is 77.1 Å². The molecule has 32 heavy (non-hydrogen) atoms. The molecule has 3 aromatic carbocycles. The summed E-state index contributed by atoms with van der Waals surface area (Å²) in [5.41, 5.74) is 10.6. The van der Waals surface area contributed by atoms with Crippen molar-refractivity contribution in [2.24, 2.45) is 0 Å². The molecule has 2 aromatic heterocycles. The molecule has 2 aliphatic rings. The summed E-state index contributed by atoms with van der Waals surface area (Å²) in [5.74, 6) is 2.84. The molecule has 5 heteroatoms. The van der Waals surface area contributed by atoms with Crippen molar-refractivity contribution in [3.63, 3.8) is 0 Å². The first-order valence-electron chi connectivity index (χ1n) is 11.1. The minimum atomic E-state index is 0.531. The molecule has 2 N–H and O–H groups in total. The number of aryl methyl sites for hydroxylation is 4. The van der Waals surface area contributed by atoms with Crippen LogP contribution in [0.5, 0.6) is 5.75 Å². The monoisotopic (exact) mass is 418 g/mol. The Morgan fingerprint density at radius 2 is 1.47 bits per heavy atom. The maximum absolute atomic E-state index is 6.15. The Morgan fingerprint density at radius 3 is 2.34 bits per heavy atom. The molecule has 0 radical (unpaired) electrons. The highest BCUT2D eigenvalue weighted by atomic mass is 16.5. The minimum absolute atomic E-state index is 0.531. The van der Waals surface area contributed by atoms with Crippen molar-refractivity contribution in [1.29, 1.82) is 0 Å². The molecule has 0 unspecified atom stereocenters. The summed E-state index contributed by atoms with van der Waals surface area (Å²) in [6.07, 6.45) is 2.06. The van der Waals surface area contributed by atoms with Gasteiger partial charge in [0.05, 0.1) is 17.1 Å². The molecule has 5 nitrogen and oxygen atoms in total. The molecule has 0 atom stereocenters. The molecular formula is C27H22N4O. The number of hydrogen-bond donors (Lipinski definition) is 2. The number of rotatable bonds is 1. The Kier molecular flexibility index (Phi) is 3.52. The van der Waals surface area contributed by atoms with Gasteiger partial charge in [-0.1, -0.05) is 36.4 Å². The molecule has 1 aliphatic heterocycles. The van der Waals surface area contributed by atoms with E-state index < -0.39 is 0 Å². The van der Waals surface area contributed by atoms with E-state index in [9.17, 15) is 0 Å². The summed E-state index contributed by atoms with van der Waals surface area (Å²) in [6.45, 7) is 4.54. The fraction of sp³-hybridized carbons (Fsp3) is 0.185. The van der Waals surface area contributed by atoms with Crippen LogP contribution >= 0.6 is 0 Å². The van der Waals surface area contributed by atoms with Crippen LogP contribution in [0.3, 0.4) is 0 Å².